The van der Waals surface area contributed by atoms with Crippen molar-refractivity contribution in [2.24, 2.45) is 0 Å². The first-order chi connectivity index (χ1) is 7.84. The van der Waals surface area contributed by atoms with Crippen LogP contribution in [0.25, 0.3) is 0 Å². The Morgan fingerprint density at radius 1 is 1.53 bits per heavy atom. The number of hydrogen-bond acceptors (Lipinski definition) is 3. The molecule has 0 heterocycles. The van der Waals surface area contributed by atoms with E-state index < -0.39 is 9.05 Å². The highest BCUT2D eigenvalue weighted by Gasteiger charge is 2.13. The summed E-state index contributed by atoms with van der Waals surface area (Å²) in [5.74, 6) is -0.375. The van der Waals surface area contributed by atoms with Crippen LogP contribution in [0.2, 0.25) is 0 Å². The lowest BCUT2D eigenvalue weighted by Crippen LogP contribution is -2.30. The molecule has 17 heavy (non-hydrogen) atoms. The summed E-state index contributed by atoms with van der Waals surface area (Å²) in [7, 11) is 1.37. The Morgan fingerprint density at radius 3 is 2.71 bits per heavy atom. The molecule has 1 atom stereocenters. The summed E-state index contributed by atoms with van der Waals surface area (Å²) in [5, 5.41) is 2.63. The Balaban J connectivity index is 3.00. The highest BCUT2D eigenvalue weighted by molar-refractivity contribution is 8.13. The molecule has 0 saturated heterocycles. The zero-order valence-electron chi connectivity index (χ0n) is 9.18. The lowest BCUT2D eigenvalue weighted by molar-refractivity contribution is 0.0947. The van der Waals surface area contributed by atoms with Crippen molar-refractivity contribution in [2.45, 2.75) is 17.9 Å². The third-order valence-corrected chi connectivity index (χ3v) is 3.44. The Hall–Kier alpha value is -1.33. The van der Waals surface area contributed by atoms with Gasteiger partial charge in [0.1, 0.15) is 0 Å². The van der Waals surface area contributed by atoms with E-state index in [1.807, 2.05) is 0 Å². The van der Waals surface area contributed by atoms with E-state index >= 15 is 0 Å². The molecular formula is C11H12ClNO3S. The first-order valence-corrected chi connectivity index (χ1v) is 7.13. The van der Waals surface area contributed by atoms with Crippen LogP contribution in [0.3, 0.4) is 0 Å². The van der Waals surface area contributed by atoms with Crippen molar-refractivity contribution in [3.05, 3.63) is 42.5 Å². The first kappa shape index (κ1) is 13.7. The van der Waals surface area contributed by atoms with Gasteiger partial charge in [-0.2, -0.15) is 0 Å². The maximum absolute atomic E-state index is 11.7. The van der Waals surface area contributed by atoms with E-state index in [0.717, 1.165) is 0 Å². The lowest BCUT2D eigenvalue weighted by Gasteiger charge is -2.09. The van der Waals surface area contributed by atoms with Crippen LogP contribution in [-0.2, 0) is 9.05 Å². The van der Waals surface area contributed by atoms with E-state index in [4.69, 9.17) is 10.7 Å². The minimum absolute atomic E-state index is 0.0990. The molecule has 0 bridgehead atoms. The highest BCUT2D eigenvalue weighted by atomic mass is 35.7. The molecule has 0 saturated carbocycles. The fourth-order valence-corrected chi connectivity index (χ4v) is 1.93. The van der Waals surface area contributed by atoms with E-state index in [0.29, 0.717) is 0 Å². The van der Waals surface area contributed by atoms with Gasteiger partial charge in [0.2, 0.25) is 0 Å². The molecule has 6 heteroatoms. The molecule has 0 aliphatic carbocycles. The molecule has 0 aromatic heterocycles. The van der Waals surface area contributed by atoms with Crippen LogP contribution in [0.15, 0.2) is 41.8 Å². The lowest BCUT2D eigenvalue weighted by atomic mass is 10.2. The molecule has 0 spiro atoms. The second-order valence-electron chi connectivity index (χ2n) is 3.46. The number of carbonyl (C=O) groups is 1. The van der Waals surface area contributed by atoms with E-state index in [-0.39, 0.29) is 22.4 Å². The normalized spacial score (nSPS) is 12.8. The van der Waals surface area contributed by atoms with Crippen molar-refractivity contribution in [2.75, 3.05) is 0 Å². The Kier molecular flexibility index (Phi) is 4.31. The van der Waals surface area contributed by atoms with Crippen molar-refractivity contribution in [3.63, 3.8) is 0 Å². The van der Waals surface area contributed by atoms with Gasteiger partial charge < -0.3 is 5.32 Å². The number of rotatable bonds is 4. The molecular weight excluding hydrogens is 262 g/mol. The van der Waals surface area contributed by atoms with Crippen molar-refractivity contribution >= 4 is 25.6 Å². The number of nitrogens with one attached hydrogen (secondary N) is 1. The van der Waals surface area contributed by atoms with E-state index in [1.54, 1.807) is 13.0 Å². The minimum atomic E-state index is -3.82. The number of amides is 1. The molecule has 0 fully saturated rings. The maximum atomic E-state index is 11.7. The SMILES string of the molecule is C=CC(C)NC(=O)c1cccc(S(=O)(=O)Cl)c1. The summed E-state index contributed by atoms with van der Waals surface area (Å²) in [6, 6.07) is 5.34. The van der Waals surface area contributed by atoms with Gasteiger partial charge in [-0.1, -0.05) is 12.1 Å². The van der Waals surface area contributed by atoms with Crippen LogP contribution in [0.4, 0.5) is 0 Å². The fraction of sp³-hybridized carbons (Fsp3) is 0.182. The van der Waals surface area contributed by atoms with Crippen LogP contribution in [-0.4, -0.2) is 20.4 Å². The zero-order chi connectivity index (χ0) is 13.1. The quantitative estimate of drug-likeness (QED) is 0.673. The van der Waals surface area contributed by atoms with Crippen LogP contribution >= 0.6 is 10.7 Å². The van der Waals surface area contributed by atoms with Gasteiger partial charge in [-0.05, 0) is 25.1 Å². The molecule has 4 nitrogen and oxygen atoms in total. The van der Waals surface area contributed by atoms with Gasteiger partial charge in [0, 0.05) is 22.3 Å². The van der Waals surface area contributed by atoms with Crippen molar-refractivity contribution in [3.8, 4) is 0 Å². The molecule has 1 rings (SSSR count). The van der Waals surface area contributed by atoms with E-state index in [2.05, 4.69) is 11.9 Å². The van der Waals surface area contributed by atoms with Crippen LogP contribution in [0.5, 0.6) is 0 Å². The van der Waals surface area contributed by atoms with E-state index in [9.17, 15) is 13.2 Å². The Bertz CT molecular complexity index is 539. The maximum Gasteiger partial charge on any atom is 0.261 e. The predicted octanol–water partition coefficient (Wildman–Crippen LogP) is 1.92. The van der Waals surface area contributed by atoms with Gasteiger partial charge in [-0.3, -0.25) is 4.79 Å². The van der Waals surface area contributed by atoms with E-state index in [1.165, 1.54) is 24.3 Å². The van der Waals surface area contributed by atoms with Crippen LogP contribution < -0.4 is 5.32 Å². The average Bonchev–Trinajstić information content (AvgIpc) is 2.28. The van der Waals surface area contributed by atoms with Crippen molar-refractivity contribution in [1.29, 1.82) is 0 Å². The molecule has 1 amide bonds. The summed E-state index contributed by atoms with van der Waals surface area (Å²) in [6.45, 7) is 5.29. The molecule has 1 aromatic rings. The zero-order valence-corrected chi connectivity index (χ0v) is 10.8. The molecule has 0 aliphatic heterocycles. The van der Waals surface area contributed by atoms with Gasteiger partial charge in [0.05, 0.1) is 4.90 Å². The molecule has 1 unspecified atom stereocenters. The monoisotopic (exact) mass is 273 g/mol. The smallest absolute Gasteiger partial charge is 0.261 e. The highest BCUT2D eigenvalue weighted by Crippen LogP contribution is 2.16. The van der Waals surface area contributed by atoms with Crippen LogP contribution in [0.1, 0.15) is 17.3 Å². The number of benzene rings is 1. The molecule has 0 aliphatic rings. The number of carbonyl (C=O) groups excluding carboxylic acids is 1. The standard InChI is InChI=1S/C11H12ClNO3S/c1-3-8(2)13-11(14)9-5-4-6-10(7-9)17(12,15)16/h3-8H,1H2,2H3,(H,13,14). The minimum Gasteiger partial charge on any atom is -0.346 e. The summed E-state index contributed by atoms with van der Waals surface area (Å²) in [4.78, 5) is 11.6. The molecule has 1 aromatic carbocycles. The summed E-state index contributed by atoms with van der Waals surface area (Å²) in [6.07, 6.45) is 1.57. The molecule has 0 radical (unpaired) electrons. The Labute approximate surface area is 105 Å². The van der Waals surface area contributed by atoms with Gasteiger partial charge >= 0.3 is 0 Å². The molecule has 92 valence electrons. The predicted molar refractivity (Wildman–Crippen MR) is 66.6 cm³/mol. The largest absolute Gasteiger partial charge is 0.346 e. The average molecular weight is 274 g/mol. The van der Waals surface area contributed by atoms with Crippen molar-refractivity contribution < 1.29 is 13.2 Å². The summed E-state index contributed by atoms with van der Waals surface area (Å²) >= 11 is 0. The molecule has 1 N–H and O–H groups in total. The topological polar surface area (TPSA) is 63.2 Å². The Morgan fingerprint density at radius 2 is 2.18 bits per heavy atom. The van der Waals surface area contributed by atoms with Gasteiger partial charge in [0.25, 0.3) is 15.0 Å². The summed E-state index contributed by atoms with van der Waals surface area (Å²) < 4.78 is 22.2. The second kappa shape index (κ2) is 5.33. The number of halogens is 1. The number of hydrogen-bond donors (Lipinski definition) is 1. The fourth-order valence-electron chi connectivity index (χ4n) is 1.14. The third-order valence-electron chi connectivity index (χ3n) is 2.09. The first-order valence-electron chi connectivity index (χ1n) is 4.82. The summed E-state index contributed by atoms with van der Waals surface area (Å²) in [5.41, 5.74) is 0.237. The van der Waals surface area contributed by atoms with Gasteiger partial charge in [-0.15, -0.1) is 6.58 Å². The third kappa shape index (κ3) is 3.87. The van der Waals surface area contributed by atoms with Crippen LogP contribution in [0, 0.1) is 0 Å². The van der Waals surface area contributed by atoms with Crippen molar-refractivity contribution in [1.82, 2.24) is 5.32 Å². The van der Waals surface area contributed by atoms with Gasteiger partial charge in [-0.25, -0.2) is 8.42 Å². The van der Waals surface area contributed by atoms with Gasteiger partial charge in [0.15, 0.2) is 0 Å². The second-order valence-corrected chi connectivity index (χ2v) is 6.03.